The molecule has 2 aliphatic rings. The van der Waals surface area contributed by atoms with Gasteiger partial charge >= 0.3 is 5.97 Å². The van der Waals surface area contributed by atoms with Gasteiger partial charge < -0.3 is 15.0 Å². The summed E-state index contributed by atoms with van der Waals surface area (Å²) < 4.78 is 5.34. The molecule has 6 nitrogen and oxygen atoms in total. The monoisotopic (exact) mass is 347 g/mol. The fraction of sp³-hybridized carbons (Fsp3) is 0.250. The van der Waals surface area contributed by atoms with Gasteiger partial charge in [-0.25, -0.2) is 4.79 Å². The van der Waals surface area contributed by atoms with Gasteiger partial charge in [-0.2, -0.15) is 5.26 Å². The summed E-state index contributed by atoms with van der Waals surface area (Å²) in [6.45, 7) is 0.982. The van der Waals surface area contributed by atoms with Gasteiger partial charge in [-0.05, 0) is 48.7 Å². The van der Waals surface area contributed by atoms with E-state index in [9.17, 15) is 9.59 Å². The zero-order valence-electron chi connectivity index (χ0n) is 14.1. The van der Waals surface area contributed by atoms with Crippen LogP contribution in [0.2, 0.25) is 0 Å². The van der Waals surface area contributed by atoms with E-state index >= 15 is 0 Å². The molecular formula is C20H17N3O3. The summed E-state index contributed by atoms with van der Waals surface area (Å²) in [6, 6.07) is 14.1. The van der Waals surface area contributed by atoms with Crippen molar-refractivity contribution >= 4 is 23.3 Å². The molecule has 0 unspecified atom stereocenters. The van der Waals surface area contributed by atoms with Crippen molar-refractivity contribution in [3.63, 3.8) is 0 Å². The third-order valence-electron chi connectivity index (χ3n) is 4.81. The minimum atomic E-state index is -0.449. The predicted octanol–water partition coefficient (Wildman–Crippen LogP) is 2.84. The van der Waals surface area contributed by atoms with E-state index in [2.05, 4.69) is 10.2 Å². The van der Waals surface area contributed by atoms with E-state index in [1.54, 1.807) is 36.4 Å². The van der Waals surface area contributed by atoms with E-state index in [1.807, 2.05) is 12.1 Å². The average molecular weight is 347 g/mol. The summed E-state index contributed by atoms with van der Waals surface area (Å²) in [7, 11) is 0. The Morgan fingerprint density at radius 1 is 1.27 bits per heavy atom. The molecule has 0 aromatic heterocycles. The fourth-order valence-electron chi connectivity index (χ4n) is 3.46. The largest absolute Gasteiger partial charge is 0.457 e. The Balaban J connectivity index is 1.48. The van der Waals surface area contributed by atoms with Crippen LogP contribution in [0.5, 0.6) is 0 Å². The molecule has 4 rings (SSSR count). The number of rotatable bonds is 3. The highest BCUT2D eigenvalue weighted by Gasteiger charge is 2.36. The second-order valence-corrected chi connectivity index (χ2v) is 6.46. The molecular weight excluding hydrogens is 330 g/mol. The second-order valence-electron chi connectivity index (χ2n) is 6.46. The number of nitrogens with one attached hydrogen (secondary N) is 1. The molecule has 0 aliphatic carbocycles. The van der Waals surface area contributed by atoms with Crippen LogP contribution in [0.25, 0.3) is 0 Å². The Hall–Kier alpha value is -3.33. The first kappa shape index (κ1) is 16.2. The van der Waals surface area contributed by atoms with Crippen molar-refractivity contribution in [1.82, 2.24) is 0 Å². The van der Waals surface area contributed by atoms with Crippen LogP contribution in [0.3, 0.4) is 0 Å². The van der Waals surface area contributed by atoms with Crippen LogP contribution in [-0.4, -0.2) is 24.5 Å². The zero-order chi connectivity index (χ0) is 18.1. The van der Waals surface area contributed by atoms with E-state index in [0.717, 1.165) is 30.6 Å². The van der Waals surface area contributed by atoms with Gasteiger partial charge in [-0.15, -0.1) is 0 Å². The number of benzene rings is 2. The average Bonchev–Trinajstić information content (AvgIpc) is 3.17. The number of esters is 1. The molecule has 130 valence electrons. The van der Waals surface area contributed by atoms with Crippen LogP contribution >= 0.6 is 0 Å². The Kier molecular flexibility index (Phi) is 4.05. The predicted molar refractivity (Wildman–Crippen MR) is 95.7 cm³/mol. The van der Waals surface area contributed by atoms with Crippen molar-refractivity contribution in [2.45, 2.75) is 25.5 Å². The molecule has 0 bridgehead atoms. The van der Waals surface area contributed by atoms with Gasteiger partial charge in [0.2, 0.25) is 5.91 Å². The number of carbonyl (C=O) groups is 2. The summed E-state index contributed by atoms with van der Waals surface area (Å²) in [5, 5.41) is 11.7. The maximum absolute atomic E-state index is 12.3. The quantitative estimate of drug-likeness (QED) is 0.864. The lowest BCUT2D eigenvalue weighted by Gasteiger charge is -2.33. The molecule has 1 amide bonds. The van der Waals surface area contributed by atoms with Crippen molar-refractivity contribution in [2.24, 2.45) is 0 Å². The van der Waals surface area contributed by atoms with E-state index < -0.39 is 5.97 Å². The molecule has 1 N–H and O–H groups in total. The molecule has 2 aromatic carbocycles. The topological polar surface area (TPSA) is 82.4 Å². The van der Waals surface area contributed by atoms with Crippen molar-refractivity contribution in [2.75, 3.05) is 16.8 Å². The summed E-state index contributed by atoms with van der Waals surface area (Å²) in [4.78, 5) is 26.6. The van der Waals surface area contributed by atoms with Crippen LogP contribution < -0.4 is 10.2 Å². The van der Waals surface area contributed by atoms with Crippen LogP contribution in [-0.2, 0) is 16.1 Å². The number of carbonyl (C=O) groups excluding carboxylic acids is 2. The molecule has 0 saturated carbocycles. The molecule has 0 radical (unpaired) electrons. The summed E-state index contributed by atoms with van der Waals surface area (Å²) in [5.74, 6) is -0.465. The number of amides is 1. The molecule has 1 fully saturated rings. The normalized spacial score (nSPS) is 17.7. The number of fused-ring (bicyclic) bond motifs is 3. The maximum atomic E-state index is 12.3. The SMILES string of the molecule is N#Cc1ccc(COC(=O)c2ccc3c(c2)NC(=O)[C@@H]2CCCN32)cc1. The lowest BCUT2D eigenvalue weighted by molar-refractivity contribution is -0.117. The van der Waals surface area contributed by atoms with Gasteiger partial charge in [0.05, 0.1) is 28.6 Å². The summed E-state index contributed by atoms with van der Waals surface area (Å²) in [5.41, 5.74) is 3.38. The van der Waals surface area contributed by atoms with Gasteiger partial charge in [-0.1, -0.05) is 12.1 Å². The van der Waals surface area contributed by atoms with Crippen molar-refractivity contribution < 1.29 is 14.3 Å². The van der Waals surface area contributed by atoms with Crippen LogP contribution in [0.15, 0.2) is 42.5 Å². The fourth-order valence-corrected chi connectivity index (χ4v) is 3.46. The third-order valence-corrected chi connectivity index (χ3v) is 4.81. The van der Waals surface area contributed by atoms with Crippen molar-refractivity contribution in [3.8, 4) is 6.07 Å². The van der Waals surface area contributed by atoms with Crippen molar-refractivity contribution in [3.05, 3.63) is 59.2 Å². The van der Waals surface area contributed by atoms with Gasteiger partial charge in [0.15, 0.2) is 0 Å². The number of nitriles is 1. The van der Waals surface area contributed by atoms with Crippen LogP contribution in [0.4, 0.5) is 11.4 Å². The molecule has 1 saturated heterocycles. The molecule has 0 spiro atoms. The molecule has 1 atom stereocenters. The molecule has 2 heterocycles. The number of hydrogen-bond acceptors (Lipinski definition) is 5. The third kappa shape index (κ3) is 2.88. The lowest BCUT2D eigenvalue weighted by Crippen LogP contribution is -2.43. The second kappa shape index (κ2) is 6.52. The smallest absolute Gasteiger partial charge is 0.338 e. The first-order valence-electron chi connectivity index (χ1n) is 8.53. The zero-order valence-corrected chi connectivity index (χ0v) is 14.1. The Labute approximate surface area is 151 Å². The van der Waals surface area contributed by atoms with E-state index in [4.69, 9.17) is 10.00 Å². The van der Waals surface area contributed by atoms with E-state index in [1.165, 1.54) is 0 Å². The maximum Gasteiger partial charge on any atom is 0.338 e. The highest BCUT2D eigenvalue weighted by molar-refractivity contribution is 6.05. The van der Waals surface area contributed by atoms with Crippen molar-refractivity contribution in [1.29, 1.82) is 5.26 Å². The number of anilines is 2. The van der Waals surface area contributed by atoms with Gasteiger partial charge in [0.1, 0.15) is 12.6 Å². The summed E-state index contributed by atoms with van der Waals surface area (Å²) >= 11 is 0. The minimum Gasteiger partial charge on any atom is -0.457 e. The van der Waals surface area contributed by atoms with E-state index in [-0.39, 0.29) is 18.6 Å². The van der Waals surface area contributed by atoms with Gasteiger partial charge in [0, 0.05) is 6.54 Å². The molecule has 6 heteroatoms. The number of nitrogens with zero attached hydrogens (tertiary/aromatic N) is 2. The molecule has 26 heavy (non-hydrogen) atoms. The Morgan fingerprint density at radius 2 is 2.08 bits per heavy atom. The standard InChI is InChI=1S/C20H17N3O3/c21-11-13-3-5-14(6-4-13)12-26-20(25)15-7-8-17-16(10-15)22-19(24)18-2-1-9-23(17)18/h3-8,10,18H,1-2,9,12H2,(H,22,24)/t18-/m0/s1. The van der Waals surface area contributed by atoms with Crippen LogP contribution in [0, 0.1) is 11.3 Å². The van der Waals surface area contributed by atoms with E-state index in [0.29, 0.717) is 16.8 Å². The first-order chi connectivity index (χ1) is 12.7. The van der Waals surface area contributed by atoms with Gasteiger partial charge in [0.25, 0.3) is 0 Å². The highest BCUT2D eigenvalue weighted by atomic mass is 16.5. The van der Waals surface area contributed by atoms with Gasteiger partial charge in [-0.3, -0.25) is 4.79 Å². The first-order valence-corrected chi connectivity index (χ1v) is 8.53. The molecule has 2 aliphatic heterocycles. The number of ether oxygens (including phenoxy) is 1. The van der Waals surface area contributed by atoms with Crippen LogP contribution in [0.1, 0.15) is 34.3 Å². The molecule has 2 aromatic rings. The Bertz CT molecular complexity index is 915. The number of hydrogen-bond donors (Lipinski definition) is 1. The highest BCUT2D eigenvalue weighted by Crippen LogP contribution is 2.37. The lowest BCUT2D eigenvalue weighted by atomic mass is 10.1. The minimum absolute atomic E-state index is 0.0156. The summed E-state index contributed by atoms with van der Waals surface area (Å²) in [6.07, 6.45) is 1.85. The Morgan fingerprint density at radius 3 is 2.85 bits per heavy atom.